The highest BCUT2D eigenvalue weighted by Gasteiger charge is 2.40. The molecule has 1 aliphatic rings. The van der Waals surface area contributed by atoms with Crippen LogP contribution in [0.4, 0.5) is 8.78 Å². The number of halogens is 2. The smallest absolute Gasteiger partial charge is 0.128 e. The maximum Gasteiger partial charge on any atom is 0.128 e. The van der Waals surface area contributed by atoms with E-state index in [2.05, 4.69) is 5.32 Å². The van der Waals surface area contributed by atoms with Gasteiger partial charge in [-0.15, -0.1) is 0 Å². The zero-order valence-corrected chi connectivity index (χ0v) is 10.8. The van der Waals surface area contributed by atoms with E-state index in [1.54, 1.807) is 0 Å². The lowest BCUT2D eigenvalue weighted by Gasteiger charge is -2.34. The van der Waals surface area contributed by atoms with Crippen molar-refractivity contribution in [3.63, 3.8) is 0 Å². The first-order valence-corrected chi connectivity index (χ1v) is 6.39. The van der Waals surface area contributed by atoms with E-state index in [0.717, 1.165) is 18.9 Å². The summed E-state index contributed by atoms with van der Waals surface area (Å²) in [5, 5.41) is 3.22. The highest BCUT2D eigenvalue weighted by molar-refractivity contribution is 5.25. The summed E-state index contributed by atoms with van der Waals surface area (Å²) in [6, 6.07) is 3.25. The molecule has 1 fully saturated rings. The largest absolute Gasteiger partial charge is 0.373 e. The topological polar surface area (TPSA) is 21.3 Å². The van der Waals surface area contributed by atoms with Gasteiger partial charge in [0, 0.05) is 12.2 Å². The second-order valence-electron chi connectivity index (χ2n) is 4.92. The molecule has 0 bridgehead atoms. The Labute approximate surface area is 106 Å². The SMILES string of the molecule is CCNC(c1cc(F)ccc1F)C1(C)CCCO1. The van der Waals surface area contributed by atoms with Gasteiger partial charge in [-0.1, -0.05) is 6.92 Å². The number of ether oxygens (including phenoxy) is 1. The Balaban J connectivity index is 2.37. The van der Waals surface area contributed by atoms with Gasteiger partial charge in [0.25, 0.3) is 0 Å². The predicted molar refractivity (Wildman–Crippen MR) is 66.4 cm³/mol. The van der Waals surface area contributed by atoms with Gasteiger partial charge in [0.15, 0.2) is 0 Å². The van der Waals surface area contributed by atoms with E-state index >= 15 is 0 Å². The summed E-state index contributed by atoms with van der Waals surface area (Å²) in [5.74, 6) is -0.810. The zero-order valence-electron chi connectivity index (χ0n) is 10.8. The van der Waals surface area contributed by atoms with E-state index in [1.165, 1.54) is 12.1 Å². The number of likely N-dealkylation sites (N-methyl/N-ethyl adjacent to an activating group) is 1. The Morgan fingerprint density at radius 1 is 1.44 bits per heavy atom. The predicted octanol–water partition coefficient (Wildman–Crippen LogP) is 3.18. The van der Waals surface area contributed by atoms with Crippen molar-refractivity contribution < 1.29 is 13.5 Å². The van der Waals surface area contributed by atoms with E-state index in [-0.39, 0.29) is 11.9 Å². The van der Waals surface area contributed by atoms with Gasteiger partial charge in [-0.3, -0.25) is 0 Å². The van der Waals surface area contributed by atoms with Gasteiger partial charge in [0.1, 0.15) is 11.6 Å². The number of nitrogens with one attached hydrogen (secondary N) is 1. The minimum absolute atomic E-state index is 0.319. The molecule has 0 spiro atoms. The monoisotopic (exact) mass is 255 g/mol. The third kappa shape index (κ3) is 2.54. The van der Waals surface area contributed by atoms with Crippen LogP contribution >= 0.6 is 0 Å². The fourth-order valence-corrected chi connectivity index (χ4v) is 2.62. The van der Waals surface area contributed by atoms with Gasteiger partial charge in [-0.25, -0.2) is 8.78 Å². The molecule has 1 aliphatic heterocycles. The van der Waals surface area contributed by atoms with Crippen molar-refractivity contribution in [1.82, 2.24) is 5.32 Å². The molecule has 0 aromatic heterocycles. The van der Waals surface area contributed by atoms with Crippen molar-refractivity contribution in [2.24, 2.45) is 0 Å². The summed E-state index contributed by atoms with van der Waals surface area (Å²) in [7, 11) is 0. The molecule has 2 nitrogen and oxygen atoms in total. The molecule has 2 rings (SSSR count). The summed E-state index contributed by atoms with van der Waals surface area (Å²) < 4.78 is 33.0. The minimum Gasteiger partial charge on any atom is -0.373 e. The van der Waals surface area contributed by atoms with Crippen LogP contribution in [0.15, 0.2) is 18.2 Å². The van der Waals surface area contributed by atoms with Crippen LogP contribution in [-0.2, 0) is 4.74 Å². The molecule has 1 aromatic rings. The summed E-state index contributed by atoms with van der Waals surface area (Å²) in [6.07, 6.45) is 1.80. The molecule has 1 aromatic carbocycles. The molecule has 1 N–H and O–H groups in total. The molecule has 0 aliphatic carbocycles. The van der Waals surface area contributed by atoms with Crippen LogP contribution < -0.4 is 5.32 Å². The third-order valence-electron chi connectivity index (χ3n) is 3.54. The number of benzene rings is 1. The average Bonchev–Trinajstić information content (AvgIpc) is 2.77. The van der Waals surface area contributed by atoms with Crippen molar-refractivity contribution in [3.8, 4) is 0 Å². The molecule has 100 valence electrons. The summed E-state index contributed by atoms with van der Waals surface area (Å²) in [4.78, 5) is 0. The molecule has 2 atom stereocenters. The first-order valence-electron chi connectivity index (χ1n) is 6.39. The Hall–Kier alpha value is -1.00. The lowest BCUT2D eigenvalue weighted by atomic mass is 9.87. The molecule has 2 unspecified atom stereocenters. The molecular formula is C14H19F2NO. The lowest BCUT2D eigenvalue weighted by Crippen LogP contribution is -2.41. The van der Waals surface area contributed by atoms with Crippen LogP contribution in [0.3, 0.4) is 0 Å². The standard InChI is InChI=1S/C14H19F2NO/c1-3-17-13(14(2)7-4-8-18-14)11-9-10(15)5-6-12(11)16/h5-6,9,13,17H,3-4,7-8H2,1-2H3. The Kier molecular flexibility index (Phi) is 3.97. The van der Waals surface area contributed by atoms with E-state index < -0.39 is 11.4 Å². The van der Waals surface area contributed by atoms with Gasteiger partial charge in [0.05, 0.1) is 11.6 Å². The average molecular weight is 255 g/mol. The van der Waals surface area contributed by atoms with Crippen LogP contribution in [0.2, 0.25) is 0 Å². The van der Waals surface area contributed by atoms with Crippen molar-refractivity contribution in [2.45, 2.75) is 38.3 Å². The van der Waals surface area contributed by atoms with Gasteiger partial charge in [-0.05, 0) is 44.5 Å². The number of rotatable bonds is 4. The molecule has 0 saturated carbocycles. The normalized spacial score (nSPS) is 25.3. The van der Waals surface area contributed by atoms with E-state index in [0.29, 0.717) is 18.7 Å². The second kappa shape index (κ2) is 5.33. The molecule has 0 amide bonds. The number of hydrogen-bond donors (Lipinski definition) is 1. The minimum atomic E-state index is -0.468. The van der Waals surface area contributed by atoms with Crippen molar-refractivity contribution >= 4 is 0 Å². The first-order chi connectivity index (χ1) is 8.57. The molecule has 0 radical (unpaired) electrons. The molecule has 18 heavy (non-hydrogen) atoms. The third-order valence-corrected chi connectivity index (χ3v) is 3.54. The van der Waals surface area contributed by atoms with Crippen LogP contribution in [-0.4, -0.2) is 18.8 Å². The molecule has 1 heterocycles. The lowest BCUT2D eigenvalue weighted by molar-refractivity contribution is -0.0130. The van der Waals surface area contributed by atoms with Gasteiger partial charge >= 0.3 is 0 Å². The molecule has 1 saturated heterocycles. The van der Waals surface area contributed by atoms with Crippen molar-refractivity contribution in [3.05, 3.63) is 35.4 Å². The maximum atomic E-state index is 13.9. The van der Waals surface area contributed by atoms with Crippen LogP contribution in [0, 0.1) is 11.6 Å². The Morgan fingerprint density at radius 3 is 2.83 bits per heavy atom. The second-order valence-corrected chi connectivity index (χ2v) is 4.92. The van der Waals surface area contributed by atoms with E-state index in [1.807, 2.05) is 13.8 Å². The quantitative estimate of drug-likeness (QED) is 0.892. The van der Waals surface area contributed by atoms with Gasteiger partial charge < -0.3 is 10.1 Å². The fourth-order valence-electron chi connectivity index (χ4n) is 2.62. The van der Waals surface area contributed by atoms with E-state index in [4.69, 9.17) is 4.74 Å². The zero-order chi connectivity index (χ0) is 13.2. The van der Waals surface area contributed by atoms with Crippen LogP contribution in [0.5, 0.6) is 0 Å². The van der Waals surface area contributed by atoms with Gasteiger partial charge in [0.2, 0.25) is 0 Å². The Bertz CT molecular complexity index is 416. The maximum absolute atomic E-state index is 13.9. The highest BCUT2D eigenvalue weighted by Crippen LogP contribution is 2.38. The Morgan fingerprint density at radius 2 is 2.22 bits per heavy atom. The van der Waals surface area contributed by atoms with Crippen LogP contribution in [0.1, 0.15) is 38.3 Å². The fraction of sp³-hybridized carbons (Fsp3) is 0.571. The molecule has 4 heteroatoms. The highest BCUT2D eigenvalue weighted by atomic mass is 19.1. The van der Waals surface area contributed by atoms with Gasteiger partial charge in [-0.2, -0.15) is 0 Å². The van der Waals surface area contributed by atoms with Crippen LogP contribution in [0.25, 0.3) is 0 Å². The summed E-state index contributed by atoms with van der Waals surface area (Å²) in [6.45, 7) is 5.26. The van der Waals surface area contributed by atoms with Crippen molar-refractivity contribution in [2.75, 3.05) is 13.2 Å². The first kappa shape index (κ1) is 13.4. The number of hydrogen-bond acceptors (Lipinski definition) is 2. The summed E-state index contributed by atoms with van der Waals surface area (Å²) >= 11 is 0. The molecular weight excluding hydrogens is 236 g/mol. The van der Waals surface area contributed by atoms with Crippen molar-refractivity contribution in [1.29, 1.82) is 0 Å². The van der Waals surface area contributed by atoms with E-state index in [9.17, 15) is 8.78 Å². The summed E-state index contributed by atoms with van der Waals surface area (Å²) in [5.41, 5.74) is -0.119.